The first-order valence-electron chi connectivity index (χ1n) is 7.97. The Morgan fingerprint density at radius 2 is 2.00 bits per heavy atom. The van der Waals surface area contributed by atoms with Crippen LogP contribution in [0.25, 0.3) is 0 Å². The fourth-order valence-corrected chi connectivity index (χ4v) is 4.30. The van der Waals surface area contributed by atoms with Crippen LogP contribution in [0.5, 0.6) is 5.75 Å². The molecule has 0 unspecified atom stereocenters. The van der Waals surface area contributed by atoms with Gasteiger partial charge < -0.3 is 10.1 Å². The number of hydrogen-bond donors (Lipinski definition) is 1. The molecule has 0 aliphatic carbocycles. The van der Waals surface area contributed by atoms with Crippen molar-refractivity contribution >= 4 is 15.7 Å². The summed E-state index contributed by atoms with van der Waals surface area (Å²) in [6.07, 6.45) is 1.73. The molecule has 1 aromatic rings. The van der Waals surface area contributed by atoms with Gasteiger partial charge >= 0.3 is 0 Å². The van der Waals surface area contributed by atoms with E-state index in [0.717, 1.165) is 24.2 Å². The molecule has 0 spiro atoms. The van der Waals surface area contributed by atoms with Crippen LogP contribution in [0.3, 0.4) is 0 Å². The zero-order chi connectivity index (χ0) is 16.3. The molecule has 7 heteroatoms. The second-order valence-electron chi connectivity index (χ2n) is 6.08. The van der Waals surface area contributed by atoms with Gasteiger partial charge in [0.05, 0.1) is 30.7 Å². The highest BCUT2D eigenvalue weighted by Crippen LogP contribution is 2.31. The van der Waals surface area contributed by atoms with E-state index in [-0.39, 0.29) is 30.0 Å². The first kappa shape index (κ1) is 16.3. The van der Waals surface area contributed by atoms with E-state index in [4.69, 9.17) is 4.74 Å². The molecule has 1 atom stereocenters. The number of fused-ring (bicyclic) bond motifs is 1. The van der Waals surface area contributed by atoms with Crippen LogP contribution in [-0.4, -0.2) is 57.0 Å². The monoisotopic (exact) mass is 338 g/mol. The molecular formula is C16H22N2O4S. The van der Waals surface area contributed by atoms with Gasteiger partial charge in [0, 0.05) is 18.7 Å². The lowest BCUT2D eigenvalue weighted by molar-refractivity contribution is -0.123. The van der Waals surface area contributed by atoms with Crippen molar-refractivity contribution in [1.82, 2.24) is 10.2 Å². The standard InChI is InChI=1S/C16H22N2O4S/c19-16(12-18-7-10-23(20,21)11-8-18)17-14-5-3-9-22-15-6-2-1-4-13(14)15/h1-2,4,6,14H,3,5,7-12H2,(H,17,19)/t14-/m0/s1. The minimum absolute atomic E-state index is 0.0466. The van der Waals surface area contributed by atoms with Crippen molar-refractivity contribution in [1.29, 1.82) is 0 Å². The Kier molecular flexibility index (Phi) is 4.87. The lowest BCUT2D eigenvalue weighted by atomic mass is 10.0. The summed E-state index contributed by atoms with van der Waals surface area (Å²) in [5, 5.41) is 3.07. The lowest BCUT2D eigenvalue weighted by Gasteiger charge is -2.27. The van der Waals surface area contributed by atoms with Gasteiger partial charge in [-0.15, -0.1) is 0 Å². The molecule has 2 aliphatic heterocycles. The fourth-order valence-electron chi connectivity index (χ4n) is 3.03. The number of carbonyl (C=O) groups is 1. The van der Waals surface area contributed by atoms with Crippen molar-refractivity contribution in [3.8, 4) is 5.75 Å². The Morgan fingerprint density at radius 3 is 2.78 bits per heavy atom. The molecule has 0 radical (unpaired) electrons. The van der Waals surface area contributed by atoms with Crippen LogP contribution in [0.2, 0.25) is 0 Å². The minimum Gasteiger partial charge on any atom is -0.493 e. The molecule has 2 aliphatic rings. The van der Waals surface area contributed by atoms with Crippen molar-refractivity contribution in [3.63, 3.8) is 0 Å². The third kappa shape index (κ3) is 4.23. The van der Waals surface area contributed by atoms with Gasteiger partial charge in [0.1, 0.15) is 5.75 Å². The van der Waals surface area contributed by atoms with Crippen molar-refractivity contribution in [2.75, 3.05) is 37.7 Å². The molecule has 1 N–H and O–H groups in total. The topological polar surface area (TPSA) is 75.7 Å². The summed E-state index contributed by atoms with van der Waals surface area (Å²) in [4.78, 5) is 14.2. The molecule has 0 aromatic heterocycles. The Bertz CT molecular complexity index is 660. The van der Waals surface area contributed by atoms with E-state index in [2.05, 4.69) is 5.32 Å². The first-order chi connectivity index (χ1) is 11.0. The highest BCUT2D eigenvalue weighted by Gasteiger charge is 2.25. The number of carbonyl (C=O) groups excluding carboxylic acids is 1. The Labute approximate surface area is 136 Å². The summed E-state index contributed by atoms with van der Waals surface area (Å²) in [5.74, 6) is 1.05. The molecule has 0 saturated carbocycles. The van der Waals surface area contributed by atoms with E-state index in [1.54, 1.807) is 0 Å². The maximum atomic E-state index is 12.3. The number of hydrogen-bond acceptors (Lipinski definition) is 5. The Hall–Kier alpha value is -1.60. The maximum absolute atomic E-state index is 12.3. The second-order valence-corrected chi connectivity index (χ2v) is 8.38. The molecule has 23 heavy (non-hydrogen) atoms. The molecule has 126 valence electrons. The van der Waals surface area contributed by atoms with Crippen LogP contribution in [0, 0.1) is 0 Å². The molecule has 6 nitrogen and oxygen atoms in total. The van der Waals surface area contributed by atoms with Crippen LogP contribution in [-0.2, 0) is 14.6 Å². The van der Waals surface area contributed by atoms with Crippen LogP contribution in [0.1, 0.15) is 24.4 Å². The molecule has 3 rings (SSSR count). The summed E-state index contributed by atoms with van der Waals surface area (Å²) in [7, 11) is -2.91. The predicted molar refractivity (Wildman–Crippen MR) is 87.1 cm³/mol. The van der Waals surface area contributed by atoms with E-state index in [9.17, 15) is 13.2 Å². The van der Waals surface area contributed by atoms with Crippen molar-refractivity contribution in [2.45, 2.75) is 18.9 Å². The number of amides is 1. The summed E-state index contributed by atoms with van der Waals surface area (Å²) < 4.78 is 28.6. The minimum atomic E-state index is -2.91. The van der Waals surface area contributed by atoms with Gasteiger partial charge in [0.15, 0.2) is 9.84 Å². The molecule has 1 saturated heterocycles. The third-order valence-electron chi connectivity index (χ3n) is 4.33. The molecule has 1 fully saturated rings. The number of ether oxygens (including phenoxy) is 1. The van der Waals surface area contributed by atoms with Gasteiger partial charge in [-0.3, -0.25) is 9.69 Å². The summed E-state index contributed by atoms with van der Waals surface area (Å²) in [6.45, 7) is 1.77. The highest BCUT2D eigenvalue weighted by molar-refractivity contribution is 7.91. The normalized spacial score (nSPS) is 24.1. The van der Waals surface area contributed by atoms with Crippen molar-refractivity contribution in [3.05, 3.63) is 29.8 Å². The van der Waals surface area contributed by atoms with Crippen molar-refractivity contribution in [2.24, 2.45) is 0 Å². The van der Waals surface area contributed by atoms with Gasteiger partial charge in [-0.1, -0.05) is 18.2 Å². The first-order valence-corrected chi connectivity index (χ1v) is 9.79. The number of rotatable bonds is 3. The number of benzene rings is 1. The van der Waals surface area contributed by atoms with Crippen LogP contribution >= 0.6 is 0 Å². The summed E-state index contributed by atoms with van der Waals surface area (Å²) in [5.41, 5.74) is 1.01. The summed E-state index contributed by atoms with van der Waals surface area (Å²) >= 11 is 0. The van der Waals surface area contributed by atoms with Gasteiger partial charge in [0.25, 0.3) is 0 Å². The van der Waals surface area contributed by atoms with Gasteiger partial charge in [0.2, 0.25) is 5.91 Å². The SMILES string of the molecule is O=C(CN1CCS(=O)(=O)CC1)N[C@H]1CCCOc2ccccc21. The largest absolute Gasteiger partial charge is 0.493 e. The number of para-hydroxylation sites is 1. The summed E-state index contributed by atoms with van der Waals surface area (Å²) in [6, 6.07) is 7.74. The fraction of sp³-hybridized carbons (Fsp3) is 0.562. The Morgan fingerprint density at radius 1 is 1.26 bits per heavy atom. The van der Waals surface area contributed by atoms with E-state index in [1.807, 2.05) is 29.2 Å². The zero-order valence-electron chi connectivity index (χ0n) is 13.0. The molecule has 1 amide bonds. The van der Waals surface area contributed by atoms with Crippen LogP contribution in [0.4, 0.5) is 0 Å². The molecule has 0 bridgehead atoms. The Balaban J connectivity index is 1.60. The second kappa shape index (κ2) is 6.88. The van der Waals surface area contributed by atoms with E-state index in [1.165, 1.54) is 0 Å². The van der Waals surface area contributed by atoms with E-state index >= 15 is 0 Å². The van der Waals surface area contributed by atoms with E-state index in [0.29, 0.717) is 19.7 Å². The van der Waals surface area contributed by atoms with Crippen molar-refractivity contribution < 1.29 is 17.9 Å². The van der Waals surface area contributed by atoms with Crippen LogP contribution in [0.15, 0.2) is 24.3 Å². The molecular weight excluding hydrogens is 316 g/mol. The number of nitrogens with zero attached hydrogens (tertiary/aromatic N) is 1. The lowest BCUT2D eigenvalue weighted by Crippen LogP contribution is -2.45. The quantitative estimate of drug-likeness (QED) is 0.880. The smallest absolute Gasteiger partial charge is 0.234 e. The highest BCUT2D eigenvalue weighted by atomic mass is 32.2. The van der Waals surface area contributed by atoms with Gasteiger partial charge in [-0.05, 0) is 18.9 Å². The average Bonchev–Trinajstić information content (AvgIpc) is 2.72. The average molecular weight is 338 g/mol. The third-order valence-corrected chi connectivity index (χ3v) is 5.94. The number of sulfone groups is 1. The van der Waals surface area contributed by atoms with E-state index < -0.39 is 9.84 Å². The molecule has 2 heterocycles. The molecule has 1 aromatic carbocycles. The van der Waals surface area contributed by atoms with Gasteiger partial charge in [-0.2, -0.15) is 0 Å². The zero-order valence-corrected chi connectivity index (χ0v) is 13.8. The number of nitrogens with one attached hydrogen (secondary N) is 1. The van der Waals surface area contributed by atoms with Gasteiger partial charge in [-0.25, -0.2) is 8.42 Å². The maximum Gasteiger partial charge on any atom is 0.234 e. The predicted octanol–water partition coefficient (Wildman–Crippen LogP) is 0.747. The van der Waals surface area contributed by atoms with Crippen LogP contribution < -0.4 is 10.1 Å².